The first-order chi connectivity index (χ1) is 12.8. The molecule has 0 saturated heterocycles. The van der Waals surface area contributed by atoms with Gasteiger partial charge in [0.15, 0.2) is 11.5 Å². The lowest BCUT2D eigenvalue weighted by Gasteiger charge is -2.10. The van der Waals surface area contributed by atoms with E-state index in [0.29, 0.717) is 22.7 Å². The number of nitrogens with two attached hydrogens (primary N) is 1. The molecular weight excluding hydrogens is 360 g/mol. The van der Waals surface area contributed by atoms with Crippen LogP contribution in [0.15, 0.2) is 48.7 Å². The monoisotopic (exact) mass is 371 g/mol. The first kappa shape index (κ1) is 17.0. The number of alkyl halides is 3. The Kier molecular flexibility index (Phi) is 3.83. The van der Waals surface area contributed by atoms with E-state index in [1.54, 1.807) is 36.5 Å². The molecule has 27 heavy (non-hydrogen) atoms. The summed E-state index contributed by atoms with van der Waals surface area (Å²) in [7, 11) is 0. The number of halogens is 4. The molecule has 2 aromatic heterocycles. The number of rotatable bonds is 2. The van der Waals surface area contributed by atoms with Gasteiger partial charge in [-0.05, 0) is 34.9 Å². The molecule has 135 valence electrons. The maximum absolute atomic E-state index is 14.0. The topological polar surface area (TPSA) is 67.6 Å². The molecule has 0 atom stereocenters. The first-order valence-corrected chi connectivity index (χ1v) is 7.82. The third-order valence-electron chi connectivity index (χ3n) is 4.21. The summed E-state index contributed by atoms with van der Waals surface area (Å²) >= 11 is 0. The average molecular weight is 371 g/mol. The summed E-state index contributed by atoms with van der Waals surface area (Å²) in [6, 6.07) is 11.6. The van der Waals surface area contributed by atoms with Crippen molar-refractivity contribution in [3.05, 3.63) is 66.1 Å². The highest BCUT2D eigenvalue weighted by Crippen LogP contribution is 2.35. The Labute approximate surface area is 150 Å². The molecule has 0 spiro atoms. The van der Waals surface area contributed by atoms with E-state index in [0.717, 1.165) is 17.2 Å². The Morgan fingerprint density at radius 2 is 1.67 bits per heavy atom. The van der Waals surface area contributed by atoms with E-state index in [4.69, 9.17) is 5.73 Å². The molecule has 2 aromatic carbocycles. The number of nitrogens with one attached hydrogen (secondary N) is 1. The van der Waals surface area contributed by atoms with Crippen LogP contribution in [0.3, 0.4) is 0 Å². The number of nitrogens with zero attached hydrogens (tertiary/aromatic N) is 2. The minimum absolute atomic E-state index is 0.168. The summed E-state index contributed by atoms with van der Waals surface area (Å²) < 4.78 is 52.7. The highest BCUT2D eigenvalue weighted by molar-refractivity contribution is 5.99. The van der Waals surface area contributed by atoms with Crippen molar-refractivity contribution in [2.75, 3.05) is 5.73 Å². The van der Waals surface area contributed by atoms with Crippen LogP contribution in [0, 0.1) is 11.9 Å². The molecule has 0 unspecified atom stereocenters. The van der Waals surface area contributed by atoms with E-state index in [9.17, 15) is 17.6 Å². The zero-order valence-corrected chi connectivity index (χ0v) is 13.6. The normalized spacial score (nSPS) is 11.9. The molecule has 4 nitrogen and oxygen atoms in total. The zero-order chi connectivity index (χ0) is 19.2. The summed E-state index contributed by atoms with van der Waals surface area (Å²) in [5.74, 6) is -0.558. The van der Waals surface area contributed by atoms with Crippen molar-refractivity contribution in [1.82, 2.24) is 15.2 Å². The molecule has 1 radical (unpaired) electrons. The predicted molar refractivity (Wildman–Crippen MR) is 93.0 cm³/mol. The largest absolute Gasteiger partial charge is 0.416 e. The molecule has 0 bridgehead atoms. The number of pyridine rings is 1. The van der Waals surface area contributed by atoms with Crippen molar-refractivity contribution in [3.8, 4) is 22.3 Å². The standard InChI is InChI=1S/C19H11F4N4/c20-15-6-5-12(19(21,22)23)9-14(15)11-3-1-10(2-4-11)13-7-8-25-18-16(13)17(24)26-27-18/h1-5,7-9H,(H3,24,25,26,27). The van der Waals surface area contributed by atoms with Crippen LogP contribution in [-0.4, -0.2) is 15.2 Å². The van der Waals surface area contributed by atoms with Crippen molar-refractivity contribution in [3.63, 3.8) is 0 Å². The van der Waals surface area contributed by atoms with Crippen LogP contribution in [-0.2, 0) is 6.18 Å². The third-order valence-corrected chi connectivity index (χ3v) is 4.21. The molecule has 0 aliphatic rings. The molecule has 3 N–H and O–H groups in total. The highest BCUT2D eigenvalue weighted by Gasteiger charge is 2.31. The number of nitrogen functional groups attached to an aromatic ring is 1. The van der Waals surface area contributed by atoms with Crippen LogP contribution in [0.4, 0.5) is 23.4 Å². The number of H-pyrrole nitrogens is 1. The summed E-state index contributed by atoms with van der Waals surface area (Å²) in [5, 5.41) is 7.28. The van der Waals surface area contributed by atoms with Crippen molar-refractivity contribution < 1.29 is 17.6 Å². The molecule has 2 heterocycles. The quantitative estimate of drug-likeness (QED) is 0.496. The molecule has 4 aromatic rings. The second-order valence-corrected chi connectivity index (χ2v) is 5.88. The van der Waals surface area contributed by atoms with Crippen LogP contribution >= 0.6 is 0 Å². The lowest BCUT2D eigenvalue weighted by molar-refractivity contribution is -0.137. The van der Waals surface area contributed by atoms with E-state index >= 15 is 0 Å². The van der Waals surface area contributed by atoms with Crippen molar-refractivity contribution >= 4 is 16.9 Å². The fourth-order valence-corrected chi connectivity index (χ4v) is 2.90. The van der Waals surface area contributed by atoms with E-state index in [1.807, 2.05) is 6.07 Å². The second kappa shape index (κ2) is 6.08. The van der Waals surface area contributed by atoms with Crippen molar-refractivity contribution in [2.24, 2.45) is 0 Å². The van der Waals surface area contributed by atoms with Gasteiger partial charge in [0.25, 0.3) is 0 Å². The van der Waals surface area contributed by atoms with Gasteiger partial charge in [-0.2, -0.15) is 18.3 Å². The van der Waals surface area contributed by atoms with E-state index in [1.165, 1.54) is 0 Å². The van der Waals surface area contributed by atoms with Crippen LogP contribution in [0.5, 0.6) is 0 Å². The molecule has 4 rings (SSSR count). The Bertz CT molecular complexity index is 1130. The maximum Gasteiger partial charge on any atom is 0.416 e. The van der Waals surface area contributed by atoms with Gasteiger partial charge in [0.1, 0.15) is 5.82 Å². The summed E-state index contributed by atoms with van der Waals surface area (Å²) in [4.78, 5) is 4.14. The number of hydrogen-bond donors (Lipinski definition) is 2. The Balaban J connectivity index is 1.78. The highest BCUT2D eigenvalue weighted by atomic mass is 19.4. The van der Waals surface area contributed by atoms with Crippen LogP contribution < -0.4 is 5.73 Å². The number of aromatic nitrogens is 3. The van der Waals surface area contributed by atoms with Crippen LogP contribution in [0.25, 0.3) is 33.3 Å². The molecule has 0 saturated carbocycles. The fourth-order valence-electron chi connectivity index (χ4n) is 2.90. The van der Waals surface area contributed by atoms with E-state index in [-0.39, 0.29) is 11.4 Å². The van der Waals surface area contributed by atoms with Crippen molar-refractivity contribution in [2.45, 2.75) is 6.18 Å². The van der Waals surface area contributed by atoms with Gasteiger partial charge in [0.05, 0.1) is 10.9 Å². The first-order valence-electron chi connectivity index (χ1n) is 7.82. The number of benzene rings is 2. The van der Waals surface area contributed by atoms with Gasteiger partial charge in [0.2, 0.25) is 0 Å². The summed E-state index contributed by atoms with van der Waals surface area (Å²) in [5.41, 5.74) is 7.08. The molecular formula is C19H11F4N4. The molecule has 0 fully saturated rings. The number of aromatic amines is 1. The predicted octanol–water partition coefficient (Wildman–Crippen LogP) is 4.83. The zero-order valence-electron chi connectivity index (χ0n) is 13.6. The van der Waals surface area contributed by atoms with Crippen LogP contribution in [0.2, 0.25) is 0 Å². The van der Waals surface area contributed by atoms with Gasteiger partial charge >= 0.3 is 6.18 Å². The Hall–Kier alpha value is -3.42. The maximum atomic E-state index is 14.0. The van der Waals surface area contributed by atoms with Gasteiger partial charge < -0.3 is 5.73 Å². The molecule has 0 aliphatic carbocycles. The minimum Gasteiger partial charge on any atom is -0.382 e. The number of fused-ring (bicyclic) bond motifs is 1. The Morgan fingerprint density at radius 3 is 2.33 bits per heavy atom. The SMILES string of the molecule is Nc1n[nH]c2nccc(-c3ccc(-c4cc(C(F)(F)F)c[c]c4F)cc3)c12. The fraction of sp³-hybridized carbons (Fsp3) is 0.0526. The van der Waals surface area contributed by atoms with Gasteiger partial charge in [-0.25, -0.2) is 9.37 Å². The van der Waals surface area contributed by atoms with Crippen molar-refractivity contribution in [1.29, 1.82) is 0 Å². The molecule has 0 aliphatic heterocycles. The second-order valence-electron chi connectivity index (χ2n) is 5.88. The number of hydrogen-bond acceptors (Lipinski definition) is 3. The number of anilines is 1. The Morgan fingerprint density at radius 1 is 1.00 bits per heavy atom. The lowest BCUT2D eigenvalue weighted by Crippen LogP contribution is -2.05. The van der Waals surface area contributed by atoms with Gasteiger partial charge in [-0.15, -0.1) is 0 Å². The summed E-state index contributed by atoms with van der Waals surface area (Å²) in [6.07, 6.45) is -2.98. The average Bonchev–Trinajstić information content (AvgIpc) is 3.03. The minimum atomic E-state index is -4.57. The van der Waals surface area contributed by atoms with E-state index < -0.39 is 17.6 Å². The van der Waals surface area contributed by atoms with Crippen LogP contribution in [0.1, 0.15) is 5.56 Å². The van der Waals surface area contributed by atoms with Gasteiger partial charge in [-0.1, -0.05) is 24.3 Å². The van der Waals surface area contributed by atoms with Gasteiger partial charge in [0, 0.05) is 17.8 Å². The molecule has 0 amide bonds. The summed E-state index contributed by atoms with van der Waals surface area (Å²) in [6.45, 7) is 0. The third kappa shape index (κ3) is 2.99. The lowest BCUT2D eigenvalue weighted by atomic mass is 9.98. The molecule has 8 heteroatoms. The van der Waals surface area contributed by atoms with E-state index in [2.05, 4.69) is 15.2 Å². The smallest absolute Gasteiger partial charge is 0.382 e. The van der Waals surface area contributed by atoms with Gasteiger partial charge in [-0.3, -0.25) is 5.10 Å².